The minimum atomic E-state index is -0.412. The van der Waals surface area contributed by atoms with Gasteiger partial charge in [-0.25, -0.2) is 0 Å². The molecule has 5 nitrogen and oxygen atoms in total. The molecule has 3 aromatic carbocycles. The van der Waals surface area contributed by atoms with E-state index in [0.717, 1.165) is 24.0 Å². The van der Waals surface area contributed by atoms with Crippen LogP contribution in [-0.4, -0.2) is 30.6 Å². The van der Waals surface area contributed by atoms with Crippen LogP contribution in [0.4, 0.5) is 5.69 Å². The zero-order valence-corrected chi connectivity index (χ0v) is 18.2. The SMILES string of the molecule is C[C@@H](NC(=O)c1cccc(NC(=O)[C@@H]2CCCO2)c1)C(c1ccccc1)c1ccccc1. The summed E-state index contributed by atoms with van der Waals surface area (Å²) in [5.74, 6) is -0.326. The number of benzene rings is 3. The molecule has 1 saturated heterocycles. The van der Waals surface area contributed by atoms with E-state index in [4.69, 9.17) is 4.74 Å². The van der Waals surface area contributed by atoms with E-state index in [9.17, 15) is 9.59 Å². The van der Waals surface area contributed by atoms with Gasteiger partial charge < -0.3 is 15.4 Å². The van der Waals surface area contributed by atoms with Gasteiger partial charge in [-0.2, -0.15) is 0 Å². The van der Waals surface area contributed by atoms with E-state index >= 15 is 0 Å². The van der Waals surface area contributed by atoms with E-state index in [2.05, 4.69) is 34.9 Å². The maximum Gasteiger partial charge on any atom is 0.253 e. The van der Waals surface area contributed by atoms with Crippen LogP contribution in [0.1, 0.15) is 47.2 Å². The lowest BCUT2D eigenvalue weighted by atomic mass is 9.85. The number of nitrogens with one attached hydrogen (secondary N) is 2. The van der Waals surface area contributed by atoms with Crippen molar-refractivity contribution in [1.29, 1.82) is 0 Å². The Balaban J connectivity index is 1.49. The van der Waals surface area contributed by atoms with Crippen molar-refractivity contribution in [1.82, 2.24) is 5.32 Å². The molecule has 0 aromatic heterocycles. The van der Waals surface area contributed by atoms with E-state index in [1.165, 1.54) is 0 Å². The number of ether oxygens (including phenoxy) is 1. The molecule has 2 atom stereocenters. The molecule has 0 saturated carbocycles. The van der Waals surface area contributed by atoms with Gasteiger partial charge in [0.2, 0.25) is 0 Å². The maximum absolute atomic E-state index is 13.1. The molecule has 164 valence electrons. The summed E-state index contributed by atoms with van der Waals surface area (Å²) in [6.45, 7) is 2.63. The lowest BCUT2D eigenvalue weighted by Gasteiger charge is -2.26. The normalized spacial score (nSPS) is 16.5. The Hall–Kier alpha value is -3.44. The zero-order valence-electron chi connectivity index (χ0n) is 18.2. The fraction of sp³-hybridized carbons (Fsp3) is 0.259. The van der Waals surface area contributed by atoms with Crippen LogP contribution in [0.2, 0.25) is 0 Å². The highest BCUT2D eigenvalue weighted by molar-refractivity contribution is 5.98. The molecule has 2 amide bonds. The van der Waals surface area contributed by atoms with Crippen molar-refractivity contribution in [3.05, 3.63) is 102 Å². The Morgan fingerprint density at radius 2 is 1.56 bits per heavy atom. The van der Waals surface area contributed by atoms with Crippen molar-refractivity contribution in [2.45, 2.75) is 37.8 Å². The van der Waals surface area contributed by atoms with Crippen molar-refractivity contribution in [2.75, 3.05) is 11.9 Å². The predicted octanol–water partition coefficient (Wildman–Crippen LogP) is 4.75. The Morgan fingerprint density at radius 3 is 2.16 bits per heavy atom. The minimum absolute atomic E-state index is 0.0174. The highest BCUT2D eigenvalue weighted by Gasteiger charge is 2.25. The van der Waals surface area contributed by atoms with Crippen LogP contribution in [0.3, 0.4) is 0 Å². The summed E-state index contributed by atoms with van der Waals surface area (Å²) in [7, 11) is 0. The molecule has 0 bridgehead atoms. The Kier molecular flexibility index (Phi) is 6.97. The van der Waals surface area contributed by atoms with Crippen LogP contribution in [0.5, 0.6) is 0 Å². The van der Waals surface area contributed by atoms with Crippen LogP contribution in [0, 0.1) is 0 Å². The number of hydrogen-bond donors (Lipinski definition) is 2. The third kappa shape index (κ3) is 5.24. The molecule has 0 spiro atoms. The third-order valence-electron chi connectivity index (χ3n) is 5.79. The molecule has 1 heterocycles. The van der Waals surface area contributed by atoms with Crippen LogP contribution >= 0.6 is 0 Å². The Morgan fingerprint density at radius 1 is 0.906 bits per heavy atom. The van der Waals surface area contributed by atoms with Gasteiger partial charge in [0.15, 0.2) is 0 Å². The largest absolute Gasteiger partial charge is 0.368 e. The van der Waals surface area contributed by atoms with Gasteiger partial charge in [0.25, 0.3) is 11.8 Å². The van der Waals surface area contributed by atoms with Gasteiger partial charge in [-0.05, 0) is 49.1 Å². The van der Waals surface area contributed by atoms with E-state index in [0.29, 0.717) is 17.9 Å². The van der Waals surface area contributed by atoms with Crippen molar-refractivity contribution in [3.63, 3.8) is 0 Å². The van der Waals surface area contributed by atoms with Crippen molar-refractivity contribution >= 4 is 17.5 Å². The Labute approximate surface area is 188 Å². The molecule has 3 aromatic rings. The van der Waals surface area contributed by atoms with E-state index in [-0.39, 0.29) is 23.8 Å². The highest BCUT2D eigenvalue weighted by atomic mass is 16.5. The number of amides is 2. The monoisotopic (exact) mass is 428 g/mol. The first-order chi connectivity index (χ1) is 15.6. The fourth-order valence-corrected chi connectivity index (χ4v) is 4.21. The number of anilines is 1. The van der Waals surface area contributed by atoms with Gasteiger partial charge in [0, 0.05) is 29.8 Å². The lowest BCUT2D eigenvalue weighted by Crippen LogP contribution is -2.37. The summed E-state index contributed by atoms with van der Waals surface area (Å²) in [6.07, 6.45) is 1.21. The molecule has 4 rings (SSSR count). The van der Waals surface area contributed by atoms with Gasteiger partial charge in [-0.1, -0.05) is 66.7 Å². The van der Waals surface area contributed by atoms with Gasteiger partial charge in [-0.15, -0.1) is 0 Å². The molecule has 0 radical (unpaired) electrons. The summed E-state index contributed by atoms with van der Waals surface area (Å²) in [6, 6.07) is 27.2. The van der Waals surface area contributed by atoms with Crippen molar-refractivity contribution in [3.8, 4) is 0 Å². The average molecular weight is 429 g/mol. The third-order valence-corrected chi connectivity index (χ3v) is 5.79. The number of carbonyl (C=O) groups is 2. The van der Waals surface area contributed by atoms with E-state index in [1.54, 1.807) is 24.3 Å². The molecular formula is C27H28N2O3. The standard InChI is InChI=1S/C27H28N2O3/c1-19(25(20-10-4-2-5-11-20)21-12-6-3-7-13-21)28-26(30)22-14-8-15-23(18-22)29-27(31)24-16-9-17-32-24/h2-8,10-15,18-19,24-25H,9,16-17H2,1H3,(H,28,30)(H,29,31)/t19-,24+/m1/s1. The van der Waals surface area contributed by atoms with Crippen LogP contribution in [0.15, 0.2) is 84.9 Å². The Bertz CT molecular complexity index is 1010. The first kappa shape index (κ1) is 21.8. The predicted molar refractivity (Wildman–Crippen MR) is 126 cm³/mol. The molecular weight excluding hydrogens is 400 g/mol. The van der Waals surface area contributed by atoms with Crippen molar-refractivity contribution in [2.24, 2.45) is 0 Å². The first-order valence-electron chi connectivity index (χ1n) is 11.0. The second kappa shape index (κ2) is 10.2. The van der Waals surface area contributed by atoms with E-state index in [1.807, 2.05) is 43.3 Å². The van der Waals surface area contributed by atoms with Crippen LogP contribution in [-0.2, 0) is 9.53 Å². The smallest absolute Gasteiger partial charge is 0.253 e. The second-order valence-corrected chi connectivity index (χ2v) is 8.13. The van der Waals surface area contributed by atoms with Gasteiger partial charge >= 0.3 is 0 Å². The van der Waals surface area contributed by atoms with Gasteiger partial charge in [0.05, 0.1) is 0 Å². The average Bonchev–Trinajstić information content (AvgIpc) is 3.36. The van der Waals surface area contributed by atoms with Crippen LogP contribution < -0.4 is 10.6 Å². The summed E-state index contributed by atoms with van der Waals surface area (Å²) in [5.41, 5.74) is 3.38. The van der Waals surface area contributed by atoms with E-state index < -0.39 is 6.10 Å². The maximum atomic E-state index is 13.1. The van der Waals surface area contributed by atoms with Crippen LogP contribution in [0.25, 0.3) is 0 Å². The minimum Gasteiger partial charge on any atom is -0.368 e. The molecule has 32 heavy (non-hydrogen) atoms. The molecule has 1 fully saturated rings. The number of carbonyl (C=O) groups excluding carboxylic acids is 2. The summed E-state index contributed by atoms with van der Waals surface area (Å²) >= 11 is 0. The highest BCUT2D eigenvalue weighted by Crippen LogP contribution is 2.28. The van der Waals surface area contributed by atoms with Gasteiger partial charge in [-0.3, -0.25) is 9.59 Å². The molecule has 0 aliphatic carbocycles. The summed E-state index contributed by atoms with van der Waals surface area (Å²) in [5, 5.41) is 6.02. The van der Waals surface area contributed by atoms with Crippen molar-refractivity contribution < 1.29 is 14.3 Å². The first-order valence-corrected chi connectivity index (χ1v) is 11.0. The number of hydrogen-bond acceptors (Lipinski definition) is 3. The second-order valence-electron chi connectivity index (χ2n) is 8.13. The molecule has 2 N–H and O–H groups in total. The molecule has 1 aliphatic rings. The summed E-state index contributed by atoms with van der Waals surface area (Å²) < 4.78 is 5.44. The molecule has 1 aliphatic heterocycles. The molecule has 0 unspecified atom stereocenters. The fourth-order valence-electron chi connectivity index (χ4n) is 4.21. The molecule has 5 heteroatoms. The van der Waals surface area contributed by atoms with Gasteiger partial charge in [0.1, 0.15) is 6.10 Å². The summed E-state index contributed by atoms with van der Waals surface area (Å²) in [4.78, 5) is 25.4. The quantitative estimate of drug-likeness (QED) is 0.570. The zero-order chi connectivity index (χ0) is 22.3. The topological polar surface area (TPSA) is 67.4 Å². The number of rotatable bonds is 7. The lowest BCUT2D eigenvalue weighted by molar-refractivity contribution is -0.124.